The van der Waals surface area contributed by atoms with Crippen molar-refractivity contribution < 1.29 is 4.74 Å². The maximum Gasteiger partial charge on any atom is 0.255 e. The highest BCUT2D eigenvalue weighted by atomic mass is 16.5. The van der Waals surface area contributed by atoms with Crippen LogP contribution >= 0.6 is 0 Å². The summed E-state index contributed by atoms with van der Waals surface area (Å²) in [6, 6.07) is 11.7. The van der Waals surface area contributed by atoms with Gasteiger partial charge in [0, 0.05) is 18.7 Å². The van der Waals surface area contributed by atoms with Crippen molar-refractivity contribution >= 4 is 0 Å². The third kappa shape index (κ3) is 3.57. The quantitative estimate of drug-likeness (QED) is 0.854. The first-order valence-electron chi connectivity index (χ1n) is 7.87. The molecule has 4 heteroatoms. The van der Waals surface area contributed by atoms with Crippen molar-refractivity contribution in [3.05, 3.63) is 52.3 Å². The van der Waals surface area contributed by atoms with Crippen LogP contribution in [0.25, 0.3) is 11.3 Å². The van der Waals surface area contributed by atoms with Gasteiger partial charge in [-0.1, -0.05) is 19.9 Å². The molecule has 0 fully saturated rings. The molecule has 2 N–H and O–H groups in total. The van der Waals surface area contributed by atoms with Gasteiger partial charge in [0.1, 0.15) is 5.75 Å². The molecule has 1 aromatic carbocycles. The fraction of sp³-hybridized carbons (Fsp3) is 0.389. The van der Waals surface area contributed by atoms with E-state index in [1.54, 1.807) is 0 Å². The Balaban J connectivity index is 2.39. The van der Waals surface area contributed by atoms with Crippen LogP contribution in [0.4, 0.5) is 0 Å². The van der Waals surface area contributed by atoms with Gasteiger partial charge in [-0.15, -0.1) is 0 Å². The topological polar surface area (TPSA) is 57.2 Å². The lowest BCUT2D eigenvalue weighted by Crippen LogP contribution is -2.26. The van der Waals surface area contributed by atoms with E-state index in [1.165, 1.54) is 0 Å². The summed E-state index contributed by atoms with van der Waals surface area (Å²) in [7, 11) is 0. The Morgan fingerprint density at radius 3 is 2.36 bits per heavy atom. The number of nitrogens with zero attached hydrogens (tertiary/aromatic N) is 1. The minimum atomic E-state index is 0.00756. The van der Waals surface area contributed by atoms with Gasteiger partial charge in [0.15, 0.2) is 0 Å². The lowest BCUT2D eigenvalue weighted by atomic mass is 10.1. The number of rotatable bonds is 7. The molecule has 0 bridgehead atoms. The smallest absolute Gasteiger partial charge is 0.255 e. The highest BCUT2D eigenvalue weighted by Gasteiger charge is 2.09. The van der Waals surface area contributed by atoms with E-state index in [0.717, 1.165) is 29.8 Å². The third-order valence-corrected chi connectivity index (χ3v) is 3.54. The minimum absolute atomic E-state index is 0.00756. The van der Waals surface area contributed by atoms with Crippen LogP contribution in [0, 0.1) is 0 Å². The second kappa shape index (κ2) is 7.80. The van der Waals surface area contributed by atoms with E-state index in [4.69, 9.17) is 10.5 Å². The summed E-state index contributed by atoms with van der Waals surface area (Å²) in [5, 5.41) is 0. The standard InChI is InChI=1S/C18H24N2O2/c1-3-11-20-17(10-7-15(13-19)18(20)21)14-5-8-16(9-6-14)22-12-4-2/h5-10H,3-4,11-13,19H2,1-2H3. The zero-order valence-corrected chi connectivity index (χ0v) is 13.3. The second-order valence-corrected chi connectivity index (χ2v) is 5.28. The number of ether oxygens (including phenoxy) is 1. The molecule has 118 valence electrons. The largest absolute Gasteiger partial charge is 0.494 e. The molecule has 2 aromatic rings. The second-order valence-electron chi connectivity index (χ2n) is 5.28. The monoisotopic (exact) mass is 300 g/mol. The Labute approximate surface area is 131 Å². The Hall–Kier alpha value is -2.07. The van der Waals surface area contributed by atoms with Crippen molar-refractivity contribution in [2.75, 3.05) is 6.61 Å². The van der Waals surface area contributed by atoms with Gasteiger partial charge >= 0.3 is 0 Å². The van der Waals surface area contributed by atoms with Crippen LogP contribution in [0.2, 0.25) is 0 Å². The van der Waals surface area contributed by atoms with Crippen molar-refractivity contribution in [2.24, 2.45) is 5.73 Å². The van der Waals surface area contributed by atoms with Gasteiger partial charge in [0.25, 0.3) is 5.56 Å². The lowest BCUT2D eigenvalue weighted by molar-refractivity contribution is 0.317. The lowest BCUT2D eigenvalue weighted by Gasteiger charge is -2.14. The van der Waals surface area contributed by atoms with E-state index in [1.807, 2.05) is 41.0 Å². The number of hydrogen-bond donors (Lipinski definition) is 1. The molecule has 1 heterocycles. The summed E-state index contributed by atoms with van der Waals surface area (Å²) >= 11 is 0. The van der Waals surface area contributed by atoms with Crippen molar-refractivity contribution in [1.82, 2.24) is 4.57 Å². The molecule has 0 unspecified atom stereocenters. The predicted octanol–water partition coefficient (Wildman–Crippen LogP) is 3.17. The molecule has 0 amide bonds. The van der Waals surface area contributed by atoms with Gasteiger partial charge in [-0.2, -0.15) is 0 Å². The van der Waals surface area contributed by atoms with Crippen molar-refractivity contribution in [1.29, 1.82) is 0 Å². The average molecular weight is 300 g/mol. The zero-order chi connectivity index (χ0) is 15.9. The maximum absolute atomic E-state index is 12.5. The van der Waals surface area contributed by atoms with Gasteiger partial charge in [0.05, 0.1) is 12.3 Å². The van der Waals surface area contributed by atoms with Crippen LogP contribution in [-0.2, 0) is 13.1 Å². The molecule has 0 aliphatic carbocycles. The summed E-state index contributed by atoms with van der Waals surface area (Å²) in [5.74, 6) is 0.855. The first kappa shape index (κ1) is 16.3. The highest BCUT2D eigenvalue weighted by molar-refractivity contribution is 5.61. The van der Waals surface area contributed by atoms with E-state index in [2.05, 4.69) is 13.8 Å². The predicted molar refractivity (Wildman–Crippen MR) is 90.1 cm³/mol. The third-order valence-electron chi connectivity index (χ3n) is 3.54. The van der Waals surface area contributed by atoms with Crippen molar-refractivity contribution in [2.45, 2.75) is 39.8 Å². The van der Waals surface area contributed by atoms with Crippen LogP contribution in [0.3, 0.4) is 0 Å². The first-order valence-corrected chi connectivity index (χ1v) is 7.87. The Bertz CT molecular complexity index is 660. The normalized spacial score (nSPS) is 10.7. The number of benzene rings is 1. The van der Waals surface area contributed by atoms with Crippen LogP contribution in [0.1, 0.15) is 32.3 Å². The Morgan fingerprint density at radius 2 is 1.77 bits per heavy atom. The molecule has 0 saturated carbocycles. The first-order chi connectivity index (χ1) is 10.7. The van der Waals surface area contributed by atoms with Crippen LogP contribution in [-0.4, -0.2) is 11.2 Å². The fourth-order valence-electron chi connectivity index (χ4n) is 2.42. The molecule has 0 atom stereocenters. The zero-order valence-electron chi connectivity index (χ0n) is 13.3. The van der Waals surface area contributed by atoms with E-state index in [-0.39, 0.29) is 12.1 Å². The fourth-order valence-corrected chi connectivity index (χ4v) is 2.42. The number of aromatic nitrogens is 1. The van der Waals surface area contributed by atoms with E-state index in [0.29, 0.717) is 18.7 Å². The van der Waals surface area contributed by atoms with E-state index < -0.39 is 0 Å². The van der Waals surface area contributed by atoms with Gasteiger partial charge < -0.3 is 15.0 Å². The highest BCUT2D eigenvalue weighted by Crippen LogP contribution is 2.22. The number of hydrogen-bond acceptors (Lipinski definition) is 3. The minimum Gasteiger partial charge on any atom is -0.494 e. The molecule has 1 aromatic heterocycles. The molecule has 4 nitrogen and oxygen atoms in total. The van der Waals surface area contributed by atoms with Gasteiger partial charge in [-0.3, -0.25) is 4.79 Å². The molecule has 0 aliphatic rings. The SMILES string of the molecule is CCCOc1ccc(-c2ccc(CN)c(=O)n2CCC)cc1. The van der Waals surface area contributed by atoms with Gasteiger partial charge in [-0.05, 0) is 48.7 Å². The average Bonchev–Trinajstić information content (AvgIpc) is 2.55. The van der Waals surface area contributed by atoms with Gasteiger partial charge in [-0.25, -0.2) is 0 Å². The summed E-state index contributed by atoms with van der Waals surface area (Å²) in [6.07, 6.45) is 1.89. The van der Waals surface area contributed by atoms with E-state index in [9.17, 15) is 4.79 Å². The maximum atomic E-state index is 12.5. The molecule has 2 rings (SSSR count). The summed E-state index contributed by atoms with van der Waals surface area (Å²) in [4.78, 5) is 12.5. The molecule has 0 radical (unpaired) electrons. The summed E-state index contributed by atoms with van der Waals surface area (Å²) < 4.78 is 7.41. The molecule has 0 spiro atoms. The van der Waals surface area contributed by atoms with Crippen molar-refractivity contribution in [3.63, 3.8) is 0 Å². The number of pyridine rings is 1. The Kier molecular flexibility index (Phi) is 5.78. The molecular formula is C18H24N2O2. The molecular weight excluding hydrogens is 276 g/mol. The summed E-state index contributed by atoms with van der Waals surface area (Å²) in [5.41, 5.74) is 8.24. The molecule has 0 saturated heterocycles. The number of nitrogens with two attached hydrogens (primary N) is 1. The Morgan fingerprint density at radius 1 is 1.05 bits per heavy atom. The van der Waals surface area contributed by atoms with Crippen molar-refractivity contribution in [3.8, 4) is 17.0 Å². The van der Waals surface area contributed by atoms with Crippen LogP contribution in [0.15, 0.2) is 41.2 Å². The van der Waals surface area contributed by atoms with E-state index >= 15 is 0 Å². The van der Waals surface area contributed by atoms with Crippen LogP contribution < -0.4 is 16.0 Å². The molecule has 0 aliphatic heterocycles. The van der Waals surface area contributed by atoms with Gasteiger partial charge in [0.2, 0.25) is 0 Å². The summed E-state index contributed by atoms with van der Waals surface area (Å²) in [6.45, 7) is 5.82. The van der Waals surface area contributed by atoms with Crippen LogP contribution in [0.5, 0.6) is 5.75 Å². The molecule has 22 heavy (non-hydrogen) atoms.